The minimum absolute atomic E-state index is 0.0669. The zero-order valence-corrected chi connectivity index (χ0v) is 15.6. The number of aryl methyl sites for hydroxylation is 2. The molecule has 3 atom stereocenters. The highest BCUT2D eigenvalue weighted by atomic mass is 16.7. The van der Waals surface area contributed by atoms with Gasteiger partial charge in [0.1, 0.15) is 5.82 Å². The van der Waals surface area contributed by atoms with Gasteiger partial charge in [0, 0.05) is 24.0 Å². The quantitative estimate of drug-likeness (QED) is 0.784. The lowest BCUT2D eigenvalue weighted by atomic mass is 9.52. The third kappa shape index (κ3) is 2.15. The Hall–Kier alpha value is -1.78. The van der Waals surface area contributed by atoms with Crippen molar-refractivity contribution in [1.29, 1.82) is 0 Å². The Kier molecular flexibility index (Phi) is 3.70. The molecule has 0 N–H and O–H groups in total. The zero-order chi connectivity index (χ0) is 17.8. The molecule has 2 aliphatic carbocycles. The van der Waals surface area contributed by atoms with E-state index in [0.29, 0.717) is 25.0 Å². The molecule has 5 rings (SSSR count). The largest absolute Gasteiger partial charge is 0.347 e. The van der Waals surface area contributed by atoms with Gasteiger partial charge in [-0.2, -0.15) is 0 Å². The Morgan fingerprint density at radius 3 is 2.62 bits per heavy atom. The molecule has 1 aromatic heterocycles. The Labute approximate surface area is 155 Å². The van der Waals surface area contributed by atoms with Crippen molar-refractivity contribution in [3.05, 3.63) is 59.2 Å². The summed E-state index contributed by atoms with van der Waals surface area (Å²) in [4.78, 5) is 9.49. The fraction of sp³-hybridized carbons (Fsp3) is 0.545. The molecule has 26 heavy (non-hydrogen) atoms. The predicted octanol–water partition coefficient (Wildman–Crippen LogP) is 3.81. The number of hydrogen-bond acceptors (Lipinski definition) is 4. The van der Waals surface area contributed by atoms with Crippen LogP contribution in [0.25, 0.3) is 0 Å². The topological polar surface area (TPSA) is 44.2 Å². The van der Waals surface area contributed by atoms with Crippen molar-refractivity contribution in [1.82, 2.24) is 9.97 Å². The van der Waals surface area contributed by atoms with E-state index in [-0.39, 0.29) is 5.41 Å². The van der Waals surface area contributed by atoms with Crippen LogP contribution in [0.5, 0.6) is 0 Å². The Morgan fingerprint density at radius 2 is 1.85 bits per heavy atom. The van der Waals surface area contributed by atoms with Gasteiger partial charge in [-0.15, -0.1) is 0 Å². The molecule has 0 unspecified atom stereocenters. The maximum absolute atomic E-state index is 6.18. The highest BCUT2D eigenvalue weighted by Gasteiger charge is 2.60. The maximum atomic E-state index is 6.18. The van der Waals surface area contributed by atoms with Crippen LogP contribution in [0.15, 0.2) is 36.5 Å². The second kappa shape index (κ2) is 5.86. The second-order valence-electron chi connectivity index (χ2n) is 8.07. The zero-order valence-electron chi connectivity index (χ0n) is 15.6. The molecule has 4 nitrogen and oxygen atoms in total. The standard InChI is InChI=1S/C22H26N2O2/c1-15-19-9-8-17-14-23-16(2)24-20(17)21(19,18-6-4-3-5-7-18)10-11-22(15)25-12-13-26-22/h3-7,14-15,19H,8-13H2,1-2H3/t15-,19-,21+/m0/s1. The molecule has 3 aliphatic rings. The minimum atomic E-state index is -0.400. The first kappa shape index (κ1) is 16.4. The normalized spacial score (nSPS) is 32.2. The van der Waals surface area contributed by atoms with E-state index in [0.717, 1.165) is 31.5 Å². The van der Waals surface area contributed by atoms with E-state index in [1.54, 1.807) is 0 Å². The average molecular weight is 350 g/mol. The van der Waals surface area contributed by atoms with Crippen LogP contribution in [0.1, 0.15) is 48.8 Å². The van der Waals surface area contributed by atoms with Crippen molar-refractivity contribution in [2.45, 2.75) is 50.7 Å². The van der Waals surface area contributed by atoms with Gasteiger partial charge < -0.3 is 9.47 Å². The maximum Gasteiger partial charge on any atom is 0.171 e. The summed E-state index contributed by atoms with van der Waals surface area (Å²) in [5.41, 5.74) is 3.87. The Bertz CT molecular complexity index is 816. The summed E-state index contributed by atoms with van der Waals surface area (Å²) in [6.45, 7) is 5.76. The van der Waals surface area contributed by atoms with Gasteiger partial charge in [0.25, 0.3) is 0 Å². The van der Waals surface area contributed by atoms with Gasteiger partial charge in [-0.25, -0.2) is 9.97 Å². The van der Waals surface area contributed by atoms with Crippen molar-refractivity contribution < 1.29 is 9.47 Å². The summed E-state index contributed by atoms with van der Waals surface area (Å²) in [6, 6.07) is 11.0. The number of fused-ring (bicyclic) bond motifs is 3. The first-order valence-corrected chi connectivity index (χ1v) is 9.82. The van der Waals surface area contributed by atoms with Crippen LogP contribution in [-0.2, 0) is 21.3 Å². The summed E-state index contributed by atoms with van der Waals surface area (Å²) < 4.78 is 12.4. The molecular formula is C22H26N2O2. The van der Waals surface area contributed by atoms with E-state index >= 15 is 0 Å². The summed E-state index contributed by atoms with van der Waals surface area (Å²) in [6.07, 6.45) is 6.15. The van der Waals surface area contributed by atoms with E-state index in [4.69, 9.17) is 14.5 Å². The van der Waals surface area contributed by atoms with Gasteiger partial charge in [0.05, 0.1) is 18.9 Å². The molecule has 2 aromatic rings. The van der Waals surface area contributed by atoms with Crippen molar-refractivity contribution >= 4 is 0 Å². The van der Waals surface area contributed by atoms with Gasteiger partial charge in [-0.1, -0.05) is 37.3 Å². The van der Waals surface area contributed by atoms with E-state index in [1.807, 2.05) is 6.92 Å². The van der Waals surface area contributed by atoms with E-state index in [2.05, 4.69) is 48.4 Å². The second-order valence-corrected chi connectivity index (χ2v) is 8.07. The molecule has 2 fully saturated rings. The number of benzene rings is 1. The number of hydrogen-bond donors (Lipinski definition) is 0. The highest BCUT2D eigenvalue weighted by molar-refractivity contribution is 5.44. The van der Waals surface area contributed by atoms with E-state index in [9.17, 15) is 0 Å². The average Bonchev–Trinajstić information content (AvgIpc) is 3.15. The van der Waals surface area contributed by atoms with Gasteiger partial charge in [-0.3, -0.25) is 0 Å². The van der Waals surface area contributed by atoms with E-state index < -0.39 is 5.79 Å². The lowest BCUT2D eigenvalue weighted by molar-refractivity contribution is -0.232. The predicted molar refractivity (Wildman–Crippen MR) is 98.8 cm³/mol. The van der Waals surface area contributed by atoms with Crippen molar-refractivity contribution in [2.24, 2.45) is 11.8 Å². The molecule has 1 aliphatic heterocycles. The van der Waals surface area contributed by atoms with Crippen molar-refractivity contribution in [2.75, 3.05) is 13.2 Å². The minimum Gasteiger partial charge on any atom is -0.347 e. The fourth-order valence-electron chi connectivity index (χ4n) is 5.79. The molecule has 1 saturated carbocycles. The fourth-order valence-corrected chi connectivity index (χ4v) is 5.79. The molecular weight excluding hydrogens is 324 g/mol. The smallest absolute Gasteiger partial charge is 0.171 e. The van der Waals surface area contributed by atoms with Gasteiger partial charge >= 0.3 is 0 Å². The molecule has 0 amide bonds. The van der Waals surface area contributed by atoms with Crippen LogP contribution in [0.2, 0.25) is 0 Å². The Balaban J connectivity index is 1.71. The van der Waals surface area contributed by atoms with Crippen LogP contribution in [0.4, 0.5) is 0 Å². The summed E-state index contributed by atoms with van der Waals surface area (Å²) >= 11 is 0. The van der Waals surface area contributed by atoms with E-state index in [1.165, 1.54) is 16.8 Å². The number of nitrogens with zero attached hydrogens (tertiary/aromatic N) is 2. The molecule has 1 spiro atoms. The molecule has 0 bridgehead atoms. The van der Waals surface area contributed by atoms with Crippen molar-refractivity contribution in [3.8, 4) is 0 Å². The summed E-state index contributed by atoms with van der Waals surface area (Å²) in [5.74, 6) is 1.25. The number of rotatable bonds is 1. The van der Waals surface area contributed by atoms with Gasteiger partial charge in [-0.05, 0) is 43.2 Å². The molecule has 2 heterocycles. The van der Waals surface area contributed by atoms with Crippen LogP contribution in [0.3, 0.4) is 0 Å². The third-order valence-corrected chi connectivity index (χ3v) is 7.00. The van der Waals surface area contributed by atoms with Gasteiger partial charge in [0.15, 0.2) is 5.79 Å². The monoisotopic (exact) mass is 350 g/mol. The molecule has 136 valence electrons. The Morgan fingerprint density at radius 1 is 1.08 bits per heavy atom. The van der Waals surface area contributed by atoms with Crippen LogP contribution < -0.4 is 0 Å². The van der Waals surface area contributed by atoms with Crippen molar-refractivity contribution in [3.63, 3.8) is 0 Å². The third-order valence-electron chi connectivity index (χ3n) is 7.00. The SMILES string of the molecule is Cc1ncc2c(n1)[C@@]1(c3ccccc3)CCC3(OCCO3)[C@@H](C)[C@@H]1CC2. The molecule has 0 radical (unpaired) electrons. The van der Waals surface area contributed by atoms with Crippen LogP contribution >= 0.6 is 0 Å². The van der Waals surface area contributed by atoms with Crippen LogP contribution in [0, 0.1) is 18.8 Å². The summed E-state index contributed by atoms with van der Waals surface area (Å²) in [7, 11) is 0. The highest BCUT2D eigenvalue weighted by Crippen LogP contribution is 2.59. The molecule has 4 heteroatoms. The molecule has 1 aromatic carbocycles. The lowest BCUT2D eigenvalue weighted by Crippen LogP contribution is -2.57. The van der Waals surface area contributed by atoms with Gasteiger partial charge in [0.2, 0.25) is 0 Å². The first-order chi connectivity index (χ1) is 12.7. The summed E-state index contributed by atoms with van der Waals surface area (Å²) in [5, 5.41) is 0. The lowest BCUT2D eigenvalue weighted by Gasteiger charge is -2.55. The number of ether oxygens (including phenoxy) is 2. The number of aromatic nitrogens is 2. The molecule has 1 saturated heterocycles. The van der Waals surface area contributed by atoms with Crippen LogP contribution in [-0.4, -0.2) is 29.0 Å². The first-order valence-electron chi connectivity index (χ1n) is 9.82.